The van der Waals surface area contributed by atoms with E-state index >= 15 is 0 Å². The minimum absolute atomic E-state index is 0.0466. The van der Waals surface area contributed by atoms with Gasteiger partial charge in [-0.15, -0.1) is 0 Å². The molecule has 0 unspecified atom stereocenters. The average molecular weight is 395 g/mol. The lowest BCUT2D eigenvalue weighted by atomic mass is 10.2. The van der Waals surface area contributed by atoms with Crippen LogP contribution in [0.25, 0.3) is 0 Å². The van der Waals surface area contributed by atoms with Crippen LogP contribution >= 0.6 is 0 Å². The van der Waals surface area contributed by atoms with Crippen LogP contribution in [0.4, 0.5) is 0 Å². The molecule has 1 heterocycles. The van der Waals surface area contributed by atoms with Gasteiger partial charge in [0.05, 0.1) is 14.2 Å². The van der Waals surface area contributed by atoms with Crippen LogP contribution in [0.2, 0.25) is 0 Å². The first kappa shape index (κ1) is 20.0. The third kappa shape index (κ3) is 5.16. The third-order valence-electron chi connectivity index (χ3n) is 4.16. The van der Waals surface area contributed by atoms with E-state index in [1.165, 1.54) is 7.11 Å². The molecule has 3 aromatic rings. The molecule has 0 radical (unpaired) electrons. The Hall–Kier alpha value is -3.74. The lowest BCUT2D eigenvalue weighted by Crippen LogP contribution is -2.24. The van der Waals surface area contributed by atoms with Crippen molar-refractivity contribution in [3.63, 3.8) is 0 Å². The molecule has 0 saturated carbocycles. The lowest BCUT2D eigenvalue weighted by molar-refractivity contribution is 0.0919. The normalized spacial score (nSPS) is 10.3. The summed E-state index contributed by atoms with van der Waals surface area (Å²) in [6.07, 6.45) is 1.15. The number of carbonyl (C=O) groups excluding carboxylic acids is 1. The van der Waals surface area contributed by atoms with Crippen LogP contribution in [0.3, 0.4) is 0 Å². The Kier molecular flexibility index (Phi) is 6.52. The van der Waals surface area contributed by atoms with Gasteiger partial charge in [-0.2, -0.15) is 0 Å². The molecule has 0 fully saturated rings. The molecule has 1 amide bonds. The maximum Gasteiger partial charge on any atom is 0.287 e. The molecule has 0 bridgehead atoms. The molecule has 0 saturated heterocycles. The van der Waals surface area contributed by atoms with Gasteiger partial charge in [-0.3, -0.25) is 9.59 Å². The Bertz CT molecular complexity index is 1030. The molecule has 0 aliphatic rings. The van der Waals surface area contributed by atoms with Gasteiger partial charge in [0, 0.05) is 12.6 Å². The molecule has 0 atom stereocenters. The van der Waals surface area contributed by atoms with Crippen LogP contribution < -0.4 is 25.0 Å². The number of carbonyl (C=O) groups is 1. The van der Waals surface area contributed by atoms with Gasteiger partial charge >= 0.3 is 0 Å². The summed E-state index contributed by atoms with van der Waals surface area (Å²) >= 11 is 0. The summed E-state index contributed by atoms with van der Waals surface area (Å²) in [6.45, 7) is 0.464. The second-order valence-corrected chi connectivity index (χ2v) is 6.12. The molecule has 1 N–H and O–H groups in total. The summed E-state index contributed by atoms with van der Waals surface area (Å²) in [5.74, 6) is 0.602. The Morgan fingerprint density at radius 3 is 2.38 bits per heavy atom. The largest absolute Gasteiger partial charge is 0.493 e. The van der Waals surface area contributed by atoms with Crippen molar-refractivity contribution in [3.05, 3.63) is 88.0 Å². The predicted molar refractivity (Wildman–Crippen MR) is 106 cm³/mol. The molecule has 3 rings (SSSR count). The number of amides is 1. The SMILES string of the molecule is COc1ccc(CNC(=O)c2cc(=O)c(OCc3ccccc3)co2)cc1OC. The van der Waals surface area contributed by atoms with Crippen molar-refractivity contribution in [2.24, 2.45) is 0 Å². The fraction of sp³-hybridized carbons (Fsp3) is 0.182. The number of nitrogens with one attached hydrogen (secondary N) is 1. The molecule has 0 aliphatic carbocycles. The molecular weight excluding hydrogens is 374 g/mol. The Labute approximate surface area is 167 Å². The third-order valence-corrected chi connectivity index (χ3v) is 4.16. The van der Waals surface area contributed by atoms with Crippen LogP contribution in [0.5, 0.6) is 17.2 Å². The average Bonchev–Trinajstić information content (AvgIpc) is 2.77. The molecule has 7 nitrogen and oxygen atoms in total. The van der Waals surface area contributed by atoms with Crippen molar-refractivity contribution in [2.45, 2.75) is 13.2 Å². The Morgan fingerprint density at radius 1 is 0.931 bits per heavy atom. The van der Waals surface area contributed by atoms with Crippen molar-refractivity contribution >= 4 is 5.91 Å². The zero-order valence-corrected chi connectivity index (χ0v) is 16.1. The van der Waals surface area contributed by atoms with Gasteiger partial charge in [-0.25, -0.2) is 0 Å². The number of hydrogen-bond acceptors (Lipinski definition) is 6. The number of benzene rings is 2. The second kappa shape index (κ2) is 9.45. The molecule has 2 aromatic carbocycles. The van der Waals surface area contributed by atoms with Crippen LogP contribution in [-0.2, 0) is 13.2 Å². The first-order valence-electron chi connectivity index (χ1n) is 8.89. The molecule has 0 spiro atoms. The highest BCUT2D eigenvalue weighted by atomic mass is 16.5. The van der Waals surface area contributed by atoms with E-state index in [0.29, 0.717) is 11.5 Å². The number of ether oxygens (including phenoxy) is 3. The molecule has 150 valence electrons. The van der Waals surface area contributed by atoms with Gasteiger partial charge in [-0.05, 0) is 23.3 Å². The van der Waals surface area contributed by atoms with E-state index in [9.17, 15) is 9.59 Å². The summed E-state index contributed by atoms with van der Waals surface area (Å²) < 4.78 is 21.2. The maximum atomic E-state index is 12.3. The van der Waals surface area contributed by atoms with Gasteiger partial charge in [-0.1, -0.05) is 36.4 Å². The van der Waals surface area contributed by atoms with E-state index in [2.05, 4.69) is 5.32 Å². The Morgan fingerprint density at radius 2 is 1.69 bits per heavy atom. The first-order valence-corrected chi connectivity index (χ1v) is 8.89. The van der Waals surface area contributed by atoms with Crippen molar-refractivity contribution in [1.29, 1.82) is 0 Å². The highest BCUT2D eigenvalue weighted by Crippen LogP contribution is 2.27. The quantitative estimate of drug-likeness (QED) is 0.630. The number of hydrogen-bond donors (Lipinski definition) is 1. The summed E-state index contributed by atoms with van der Waals surface area (Å²) in [7, 11) is 3.09. The second-order valence-electron chi connectivity index (χ2n) is 6.12. The fourth-order valence-electron chi connectivity index (χ4n) is 2.62. The minimum Gasteiger partial charge on any atom is -0.493 e. The van der Waals surface area contributed by atoms with E-state index in [1.807, 2.05) is 30.3 Å². The van der Waals surface area contributed by atoms with E-state index < -0.39 is 11.3 Å². The van der Waals surface area contributed by atoms with E-state index in [-0.39, 0.29) is 24.7 Å². The van der Waals surface area contributed by atoms with Gasteiger partial charge in [0.25, 0.3) is 5.91 Å². The van der Waals surface area contributed by atoms with Crippen molar-refractivity contribution in [2.75, 3.05) is 14.2 Å². The summed E-state index contributed by atoms with van der Waals surface area (Å²) in [5.41, 5.74) is 1.30. The highest BCUT2D eigenvalue weighted by molar-refractivity contribution is 5.91. The summed E-state index contributed by atoms with van der Waals surface area (Å²) in [6, 6.07) is 15.9. The summed E-state index contributed by atoms with van der Waals surface area (Å²) in [4.78, 5) is 24.5. The highest BCUT2D eigenvalue weighted by Gasteiger charge is 2.13. The van der Waals surface area contributed by atoms with Crippen LogP contribution in [0.15, 0.2) is 70.1 Å². The lowest BCUT2D eigenvalue weighted by Gasteiger charge is -2.10. The van der Waals surface area contributed by atoms with E-state index in [4.69, 9.17) is 18.6 Å². The molecule has 29 heavy (non-hydrogen) atoms. The summed E-state index contributed by atoms with van der Waals surface area (Å²) in [5, 5.41) is 2.70. The molecule has 1 aromatic heterocycles. The number of rotatable bonds is 8. The van der Waals surface area contributed by atoms with Crippen molar-refractivity contribution in [3.8, 4) is 17.2 Å². The van der Waals surface area contributed by atoms with Crippen LogP contribution in [0.1, 0.15) is 21.7 Å². The van der Waals surface area contributed by atoms with Crippen LogP contribution in [0, 0.1) is 0 Å². The zero-order valence-electron chi connectivity index (χ0n) is 16.1. The maximum absolute atomic E-state index is 12.3. The molecule has 7 heteroatoms. The van der Waals surface area contributed by atoms with Crippen molar-refractivity contribution in [1.82, 2.24) is 5.32 Å². The number of methoxy groups -OCH3 is 2. The fourth-order valence-corrected chi connectivity index (χ4v) is 2.62. The van der Waals surface area contributed by atoms with Gasteiger partial charge < -0.3 is 23.9 Å². The molecule has 0 aliphatic heterocycles. The topological polar surface area (TPSA) is 87.0 Å². The van der Waals surface area contributed by atoms with Gasteiger partial charge in [0.1, 0.15) is 12.9 Å². The van der Waals surface area contributed by atoms with Gasteiger partial charge in [0.2, 0.25) is 11.2 Å². The first-order chi connectivity index (χ1) is 14.1. The Balaban J connectivity index is 1.61. The van der Waals surface area contributed by atoms with Crippen molar-refractivity contribution < 1.29 is 23.4 Å². The zero-order chi connectivity index (χ0) is 20.6. The molecular formula is C22H21NO6. The monoisotopic (exact) mass is 395 g/mol. The standard InChI is InChI=1S/C22H21NO6/c1-26-18-9-8-16(10-19(18)27-2)12-23-22(25)20-11-17(24)21(14-29-20)28-13-15-6-4-3-5-7-15/h3-11,14H,12-13H2,1-2H3,(H,23,25). The van der Waals surface area contributed by atoms with Gasteiger partial charge in [0.15, 0.2) is 17.3 Å². The van der Waals surface area contributed by atoms with Crippen LogP contribution in [-0.4, -0.2) is 20.1 Å². The predicted octanol–water partition coefficient (Wildman–Crippen LogP) is 3.17. The smallest absolute Gasteiger partial charge is 0.287 e. The minimum atomic E-state index is -0.508. The van der Waals surface area contributed by atoms with E-state index in [0.717, 1.165) is 23.5 Å². The van der Waals surface area contributed by atoms with E-state index in [1.54, 1.807) is 25.3 Å².